The number of carbonyl (C=O) groups is 1. The van der Waals surface area contributed by atoms with Crippen molar-refractivity contribution in [2.24, 2.45) is 5.92 Å². The van der Waals surface area contributed by atoms with Crippen LogP contribution in [0, 0.1) is 5.92 Å². The van der Waals surface area contributed by atoms with E-state index < -0.39 is 0 Å². The molecule has 1 aliphatic heterocycles. The molecule has 2 aromatic heterocycles. The molecule has 1 aliphatic rings. The van der Waals surface area contributed by atoms with Crippen LogP contribution in [-0.2, 0) is 24.3 Å². The first kappa shape index (κ1) is 14.5. The first-order valence-corrected chi connectivity index (χ1v) is 7.47. The molecule has 1 unspecified atom stereocenters. The van der Waals surface area contributed by atoms with Gasteiger partial charge in [-0.1, -0.05) is 6.92 Å². The number of carbonyl (C=O) groups excluding carboxylic acids is 1. The third-order valence-electron chi connectivity index (χ3n) is 3.95. The van der Waals surface area contributed by atoms with Crippen LogP contribution in [0.15, 0.2) is 24.5 Å². The molecule has 3 heterocycles. The molecule has 3 rings (SSSR count). The van der Waals surface area contributed by atoms with Gasteiger partial charge in [0.1, 0.15) is 5.82 Å². The first-order chi connectivity index (χ1) is 10.7. The van der Waals surface area contributed by atoms with Crippen molar-refractivity contribution in [3.05, 3.63) is 35.8 Å². The van der Waals surface area contributed by atoms with E-state index in [0.29, 0.717) is 19.6 Å². The predicted molar refractivity (Wildman–Crippen MR) is 82.1 cm³/mol. The van der Waals surface area contributed by atoms with Crippen LogP contribution >= 0.6 is 0 Å². The van der Waals surface area contributed by atoms with E-state index in [1.54, 1.807) is 10.9 Å². The predicted octanol–water partition coefficient (Wildman–Crippen LogP) is 0.936. The van der Waals surface area contributed by atoms with E-state index in [-0.39, 0.29) is 11.8 Å². The van der Waals surface area contributed by atoms with E-state index >= 15 is 0 Å². The lowest BCUT2D eigenvalue weighted by atomic mass is 10.0. The number of rotatable bonds is 4. The van der Waals surface area contributed by atoms with Crippen molar-refractivity contribution < 1.29 is 4.79 Å². The smallest absolute Gasteiger partial charge is 0.227 e. The summed E-state index contributed by atoms with van der Waals surface area (Å²) in [5.41, 5.74) is 2.06. The molecule has 0 radical (unpaired) electrons. The number of fused-ring (bicyclic) bond motifs is 1. The maximum Gasteiger partial charge on any atom is 0.227 e. The Balaban J connectivity index is 1.69. The molecule has 0 saturated carbocycles. The van der Waals surface area contributed by atoms with Crippen LogP contribution < -0.4 is 5.32 Å². The normalized spacial score (nSPS) is 15.3. The molecule has 1 amide bonds. The number of anilines is 1. The molecule has 0 spiro atoms. The highest BCUT2D eigenvalue weighted by molar-refractivity contribution is 5.78. The quantitative estimate of drug-likeness (QED) is 0.909. The standard InChI is InChI=1S/C15H20N6O/c1-11(9-21-6-3-5-17-21)15(22)20-7-4-13-12(10-20)8-14(16-2)19-18-13/h3,5-6,8,11H,4,7,9-10H2,1-2H3,(H,16,19). The van der Waals surface area contributed by atoms with Crippen molar-refractivity contribution in [1.82, 2.24) is 24.9 Å². The van der Waals surface area contributed by atoms with E-state index in [1.807, 2.05) is 37.2 Å². The number of hydrogen-bond acceptors (Lipinski definition) is 5. The molecule has 0 fully saturated rings. The summed E-state index contributed by atoms with van der Waals surface area (Å²) in [5, 5.41) is 15.5. The fourth-order valence-corrected chi connectivity index (χ4v) is 2.72. The van der Waals surface area contributed by atoms with E-state index in [1.165, 1.54) is 0 Å². The summed E-state index contributed by atoms with van der Waals surface area (Å²) in [6, 6.07) is 3.84. The third kappa shape index (κ3) is 2.93. The number of hydrogen-bond donors (Lipinski definition) is 1. The third-order valence-corrected chi connectivity index (χ3v) is 3.95. The van der Waals surface area contributed by atoms with Gasteiger partial charge in [-0.2, -0.15) is 10.2 Å². The lowest BCUT2D eigenvalue weighted by Gasteiger charge is -2.30. The second-order valence-electron chi connectivity index (χ2n) is 5.59. The topological polar surface area (TPSA) is 75.9 Å². The fraction of sp³-hybridized carbons (Fsp3) is 0.467. The van der Waals surface area contributed by atoms with Crippen molar-refractivity contribution in [1.29, 1.82) is 0 Å². The average Bonchev–Trinajstić information content (AvgIpc) is 3.05. The van der Waals surface area contributed by atoms with E-state index in [9.17, 15) is 4.79 Å². The minimum atomic E-state index is -0.0972. The summed E-state index contributed by atoms with van der Waals surface area (Å²) < 4.78 is 1.80. The largest absolute Gasteiger partial charge is 0.372 e. The maximum absolute atomic E-state index is 12.6. The highest BCUT2D eigenvalue weighted by atomic mass is 16.2. The van der Waals surface area contributed by atoms with Gasteiger partial charge in [0.2, 0.25) is 5.91 Å². The van der Waals surface area contributed by atoms with Crippen LogP contribution in [0.25, 0.3) is 0 Å². The fourth-order valence-electron chi connectivity index (χ4n) is 2.72. The van der Waals surface area contributed by atoms with E-state index in [0.717, 1.165) is 23.5 Å². The lowest BCUT2D eigenvalue weighted by molar-refractivity contribution is -0.136. The van der Waals surface area contributed by atoms with Crippen LogP contribution in [0.4, 0.5) is 5.82 Å². The molecule has 116 valence electrons. The number of nitrogens with zero attached hydrogens (tertiary/aromatic N) is 5. The summed E-state index contributed by atoms with van der Waals surface area (Å²) >= 11 is 0. The van der Waals surface area contributed by atoms with Crippen LogP contribution in [-0.4, -0.2) is 44.4 Å². The van der Waals surface area contributed by atoms with Gasteiger partial charge in [0.05, 0.1) is 18.2 Å². The highest BCUT2D eigenvalue weighted by Crippen LogP contribution is 2.20. The second kappa shape index (κ2) is 6.13. The van der Waals surface area contributed by atoms with Crippen molar-refractivity contribution in [2.45, 2.75) is 26.4 Å². The summed E-state index contributed by atoms with van der Waals surface area (Å²) in [4.78, 5) is 14.5. The Hall–Kier alpha value is -2.44. The van der Waals surface area contributed by atoms with Gasteiger partial charge >= 0.3 is 0 Å². The van der Waals surface area contributed by atoms with Crippen LogP contribution in [0.1, 0.15) is 18.2 Å². The van der Waals surface area contributed by atoms with Gasteiger partial charge in [-0.25, -0.2) is 0 Å². The van der Waals surface area contributed by atoms with Crippen LogP contribution in [0.5, 0.6) is 0 Å². The van der Waals surface area contributed by atoms with Gasteiger partial charge in [0.15, 0.2) is 0 Å². The van der Waals surface area contributed by atoms with E-state index in [4.69, 9.17) is 0 Å². The SMILES string of the molecule is CNc1cc2c(nn1)CCN(C(=O)C(C)Cn1cccn1)C2. The van der Waals surface area contributed by atoms with Gasteiger partial charge in [-0.15, -0.1) is 5.10 Å². The van der Waals surface area contributed by atoms with Crippen molar-refractivity contribution >= 4 is 11.7 Å². The Morgan fingerprint density at radius 3 is 3.05 bits per heavy atom. The molecule has 7 nitrogen and oxygen atoms in total. The van der Waals surface area contributed by atoms with Crippen LogP contribution in [0.3, 0.4) is 0 Å². The van der Waals surface area contributed by atoms with Gasteiger partial charge in [-0.3, -0.25) is 9.48 Å². The minimum absolute atomic E-state index is 0.0972. The maximum atomic E-state index is 12.6. The Morgan fingerprint density at radius 2 is 2.32 bits per heavy atom. The molecular formula is C15H20N6O. The Kier molecular flexibility index (Phi) is 4.04. The summed E-state index contributed by atoms with van der Waals surface area (Å²) in [6.07, 6.45) is 4.36. The molecule has 7 heteroatoms. The Labute approximate surface area is 129 Å². The summed E-state index contributed by atoms with van der Waals surface area (Å²) in [7, 11) is 1.81. The van der Waals surface area contributed by atoms with Gasteiger partial charge in [0.25, 0.3) is 0 Å². The first-order valence-electron chi connectivity index (χ1n) is 7.47. The van der Waals surface area contributed by atoms with Gasteiger partial charge < -0.3 is 10.2 Å². The monoisotopic (exact) mass is 300 g/mol. The molecule has 1 N–H and O–H groups in total. The summed E-state index contributed by atoms with van der Waals surface area (Å²) in [6.45, 7) is 3.85. The molecule has 2 aromatic rings. The second-order valence-corrected chi connectivity index (χ2v) is 5.59. The highest BCUT2D eigenvalue weighted by Gasteiger charge is 2.26. The van der Waals surface area contributed by atoms with Crippen molar-refractivity contribution in [3.8, 4) is 0 Å². The van der Waals surface area contributed by atoms with E-state index in [2.05, 4.69) is 20.6 Å². The molecular weight excluding hydrogens is 280 g/mol. The summed E-state index contributed by atoms with van der Waals surface area (Å²) in [5.74, 6) is 0.793. The average molecular weight is 300 g/mol. The molecule has 0 aromatic carbocycles. The number of amides is 1. The van der Waals surface area contributed by atoms with Crippen molar-refractivity contribution in [2.75, 3.05) is 18.9 Å². The number of nitrogens with one attached hydrogen (secondary N) is 1. The van der Waals surface area contributed by atoms with Crippen molar-refractivity contribution in [3.63, 3.8) is 0 Å². The molecule has 0 saturated heterocycles. The Morgan fingerprint density at radius 1 is 1.45 bits per heavy atom. The lowest BCUT2D eigenvalue weighted by Crippen LogP contribution is -2.40. The zero-order valence-corrected chi connectivity index (χ0v) is 12.9. The zero-order chi connectivity index (χ0) is 15.5. The molecule has 0 aliphatic carbocycles. The molecule has 22 heavy (non-hydrogen) atoms. The zero-order valence-electron chi connectivity index (χ0n) is 12.9. The molecule has 0 bridgehead atoms. The Bertz CT molecular complexity index is 654. The number of aromatic nitrogens is 4. The van der Waals surface area contributed by atoms with Crippen LogP contribution in [0.2, 0.25) is 0 Å². The minimum Gasteiger partial charge on any atom is -0.372 e. The van der Waals surface area contributed by atoms with Gasteiger partial charge in [0, 0.05) is 39.0 Å². The molecule has 1 atom stereocenters. The van der Waals surface area contributed by atoms with Gasteiger partial charge in [-0.05, 0) is 17.7 Å².